The number of nitrogens with one attached hydrogen (secondary N) is 1. The molecule has 3 aromatic carbocycles. The monoisotopic (exact) mass is 414 g/mol. The Morgan fingerprint density at radius 2 is 1.63 bits per heavy atom. The van der Waals surface area contributed by atoms with Crippen molar-refractivity contribution in [1.82, 2.24) is 4.98 Å². The van der Waals surface area contributed by atoms with Crippen LogP contribution in [0.5, 0.6) is 0 Å². The van der Waals surface area contributed by atoms with Crippen molar-refractivity contribution in [1.29, 1.82) is 0 Å². The number of amides is 1. The Labute approximate surface area is 180 Å². The summed E-state index contributed by atoms with van der Waals surface area (Å²) in [5, 5.41) is 2.91. The maximum absolute atomic E-state index is 12.5. The van der Waals surface area contributed by atoms with Crippen molar-refractivity contribution >= 4 is 23.4 Å². The Hall–Kier alpha value is -3.31. The second-order valence-electron chi connectivity index (χ2n) is 7.02. The van der Waals surface area contributed by atoms with Gasteiger partial charge in [-0.1, -0.05) is 35.9 Å². The van der Waals surface area contributed by atoms with Gasteiger partial charge in [-0.3, -0.25) is 4.79 Å². The average Bonchev–Trinajstić information content (AvgIpc) is 3.15. The van der Waals surface area contributed by atoms with Gasteiger partial charge >= 0.3 is 0 Å². The highest BCUT2D eigenvalue weighted by Gasteiger charge is 2.13. The highest BCUT2D eigenvalue weighted by atomic mass is 32.2. The Bertz CT molecular complexity index is 1130. The van der Waals surface area contributed by atoms with Gasteiger partial charge in [-0.05, 0) is 62.4 Å². The minimum atomic E-state index is -0.145. The fourth-order valence-corrected chi connectivity index (χ4v) is 3.88. The van der Waals surface area contributed by atoms with E-state index in [-0.39, 0.29) is 5.91 Å². The lowest BCUT2D eigenvalue weighted by atomic mass is 10.1. The SMILES string of the molecule is Cc1ccc(NC(=O)c2ccc(-c3nc(CSc4ccccc4)c(C)o3)cc2)cc1. The largest absolute Gasteiger partial charge is 0.441 e. The van der Waals surface area contributed by atoms with E-state index in [2.05, 4.69) is 22.4 Å². The number of nitrogens with zero attached hydrogens (tertiary/aromatic N) is 1. The number of hydrogen-bond donors (Lipinski definition) is 1. The second-order valence-corrected chi connectivity index (χ2v) is 8.07. The molecule has 4 rings (SSSR count). The number of thioether (sulfide) groups is 1. The van der Waals surface area contributed by atoms with Crippen molar-refractivity contribution in [2.75, 3.05) is 5.32 Å². The molecule has 0 aliphatic rings. The summed E-state index contributed by atoms with van der Waals surface area (Å²) in [7, 11) is 0. The summed E-state index contributed by atoms with van der Waals surface area (Å²) in [5.74, 6) is 1.99. The van der Waals surface area contributed by atoms with Crippen LogP contribution in [0.3, 0.4) is 0 Å². The molecule has 0 bridgehead atoms. The number of oxazole rings is 1. The number of carbonyl (C=O) groups is 1. The topological polar surface area (TPSA) is 55.1 Å². The van der Waals surface area contributed by atoms with Crippen LogP contribution in [0.2, 0.25) is 0 Å². The second kappa shape index (κ2) is 9.01. The summed E-state index contributed by atoms with van der Waals surface area (Å²) in [6.07, 6.45) is 0. The first-order valence-electron chi connectivity index (χ1n) is 9.71. The first-order chi connectivity index (χ1) is 14.6. The number of anilines is 1. The fourth-order valence-electron chi connectivity index (χ4n) is 2.96. The molecule has 1 N–H and O–H groups in total. The van der Waals surface area contributed by atoms with Crippen LogP contribution in [0, 0.1) is 13.8 Å². The maximum atomic E-state index is 12.5. The van der Waals surface area contributed by atoms with Crippen LogP contribution in [0.4, 0.5) is 5.69 Å². The van der Waals surface area contributed by atoms with E-state index in [0.29, 0.717) is 11.5 Å². The van der Waals surface area contributed by atoms with E-state index in [1.165, 1.54) is 4.90 Å². The Kier molecular flexibility index (Phi) is 6.00. The van der Waals surface area contributed by atoms with Gasteiger partial charge in [-0.2, -0.15) is 0 Å². The van der Waals surface area contributed by atoms with Crippen LogP contribution in [0.15, 0.2) is 88.2 Å². The summed E-state index contributed by atoms with van der Waals surface area (Å²) in [6, 6.07) is 25.3. The van der Waals surface area contributed by atoms with Crippen LogP contribution in [0.25, 0.3) is 11.5 Å². The maximum Gasteiger partial charge on any atom is 0.255 e. The summed E-state index contributed by atoms with van der Waals surface area (Å²) in [6.45, 7) is 3.95. The molecule has 30 heavy (non-hydrogen) atoms. The van der Waals surface area contributed by atoms with Crippen LogP contribution in [0.1, 0.15) is 27.4 Å². The molecule has 0 aliphatic heterocycles. The quantitative estimate of drug-likeness (QED) is 0.366. The molecule has 0 fully saturated rings. The van der Waals surface area contributed by atoms with E-state index in [9.17, 15) is 4.79 Å². The van der Waals surface area contributed by atoms with E-state index >= 15 is 0 Å². The van der Waals surface area contributed by atoms with Crippen molar-refractivity contribution in [3.8, 4) is 11.5 Å². The molecule has 0 aliphatic carbocycles. The molecule has 150 valence electrons. The summed E-state index contributed by atoms with van der Waals surface area (Å²) in [5.41, 5.74) is 4.29. The van der Waals surface area contributed by atoms with Crippen LogP contribution >= 0.6 is 11.8 Å². The third kappa shape index (κ3) is 4.81. The predicted molar refractivity (Wildman–Crippen MR) is 122 cm³/mol. The Balaban J connectivity index is 1.43. The zero-order valence-corrected chi connectivity index (χ0v) is 17.7. The molecule has 0 radical (unpaired) electrons. The third-order valence-electron chi connectivity index (χ3n) is 4.71. The first kappa shape index (κ1) is 20.0. The van der Waals surface area contributed by atoms with Crippen molar-refractivity contribution in [3.63, 3.8) is 0 Å². The van der Waals surface area contributed by atoms with Crippen molar-refractivity contribution in [2.24, 2.45) is 0 Å². The molecule has 0 unspecified atom stereocenters. The molecule has 1 amide bonds. The average molecular weight is 415 g/mol. The lowest BCUT2D eigenvalue weighted by Gasteiger charge is -2.06. The molecule has 1 aromatic heterocycles. The summed E-state index contributed by atoms with van der Waals surface area (Å²) < 4.78 is 5.87. The van der Waals surface area contributed by atoms with E-state index in [4.69, 9.17) is 4.42 Å². The van der Waals surface area contributed by atoms with Crippen LogP contribution < -0.4 is 5.32 Å². The van der Waals surface area contributed by atoms with Gasteiger partial charge in [0.15, 0.2) is 0 Å². The smallest absolute Gasteiger partial charge is 0.255 e. The standard InChI is InChI=1S/C25H22N2O2S/c1-17-8-14-21(15-9-17)26-24(28)19-10-12-20(13-11-19)25-27-23(18(2)29-25)16-30-22-6-4-3-5-7-22/h3-15H,16H2,1-2H3,(H,26,28). The minimum absolute atomic E-state index is 0.145. The molecule has 0 spiro atoms. The van der Waals surface area contributed by atoms with Crippen molar-refractivity contribution in [3.05, 3.63) is 101 Å². The number of benzene rings is 3. The number of aromatic nitrogens is 1. The highest BCUT2D eigenvalue weighted by molar-refractivity contribution is 7.98. The molecule has 4 nitrogen and oxygen atoms in total. The third-order valence-corrected chi connectivity index (χ3v) is 5.74. The molecular weight excluding hydrogens is 392 g/mol. The van der Waals surface area contributed by atoms with E-state index in [1.807, 2.05) is 68.4 Å². The fraction of sp³-hybridized carbons (Fsp3) is 0.120. The lowest BCUT2D eigenvalue weighted by molar-refractivity contribution is 0.102. The zero-order chi connectivity index (χ0) is 20.9. The molecule has 0 atom stereocenters. The normalized spacial score (nSPS) is 10.7. The summed E-state index contributed by atoms with van der Waals surface area (Å²) >= 11 is 1.73. The van der Waals surface area contributed by atoms with Gasteiger partial charge in [-0.15, -0.1) is 11.8 Å². The molecule has 5 heteroatoms. The van der Waals surface area contributed by atoms with Crippen molar-refractivity contribution in [2.45, 2.75) is 24.5 Å². The molecule has 0 saturated heterocycles. The summed E-state index contributed by atoms with van der Waals surface area (Å²) in [4.78, 5) is 18.3. The van der Waals surface area contributed by atoms with Gasteiger partial charge in [0, 0.05) is 27.5 Å². The van der Waals surface area contributed by atoms with E-state index in [1.54, 1.807) is 23.9 Å². The first-order valence-corrected chi connectivity index (χ1v) is 10.7. The van der Waals surface area contributed by atoms with Crippen LogP contribution in [-0.4, -0.2) is 10.9 Å². The van der Waals surface area contributed by atoms with Crippen LogP contribution in [-0.2, 0) is 5.75 Å². The van der Waals surface area contributed by atoms with E-state index < -0.39 is 0 Å². The zero-order valence-electron chi connectivity index (χ0n) is 16.9. The van der Waals surface area contributed by atoms with Crippen molar-refractivity contribution < 1.29 is 9.21 Å². The number of carbonyl (C=O) groups excluding carboxylic acids is 1. The molecule has 0 saturated carbocycles. The van der Waals surface area contributed by atoms with Gasteiger partial charge in [-0.25, -0.2) is 4.98 Å². The van der Waals surface area contributed by atoms with Gasteiger partial charge < -0.3 is 9.73 Å². The minimum Gasteiger partial charge on any atom is -0.441 e. The molecule has 1 heterocycles. The molecule has 4 aromatic rings. The number of rotatable bonds is 6. The van der Waals surface area contributed by atoms with E-state index in [0.717, 1.165) is 34.0 Å². The van der Waals surface area contributed by atoms with Gasteiger partial charge in [0.05, 0.1) is 5.69 Å². The van der Waals surface area contributed by atoms with Gasteiger partial charge in [0.1, 0.15) is 5.76 Å². The van der Waals surface area contributed by atoms with Gasteiger partial charge in [0.25, 0.3) is 5.91 Å². The molecular formula is C25H22N2O2S. The Morgan fingerprint density at radius 3 is 2.33 bits per heavy atom. The number of hydrogen-bond acceptors (Lipinski definition) is 4. The lowest BCUT2D eigenvalue weighted by Crippen LogP contribution is -2.11. The Morgan fingerprint density at radius 1 is 0.933 bits per heavy atom. The number of aryl methyl sites for hydroxylation is 2. The highest BCUT2D eigenvalue weighted by Crippen LogP contribution is 2.27. The van der Waals surface area contributed by atoms with Gasteiger partial charge in [0.2, 0.25) is 5.89 Å². The predicted octanol–water partition coefficient (Wildman–Crippen LogP) is 6.50.